The third kappa shape index (κ3) is 6.27. The van der Waals surface area contributed by atoms with Crippen molar-refractivity contribution in [2.45, 2.75) is 32.2 Å². The van der Waals surface area contributed by atoms with E-state index in [0.717, 1.165) is 5.56 Å². The van der Waals surface area contributed by atoms with Gasteiger partial charge in [0.25, 0.3) is 0 Å². The monoisotopic (exact) mass is 294 g/mol. The molecule has 2 atom stereocenters. The van der Waals surface area contributed by atoms with Gasteiger partial charge in [-0.1, -0.05) is 19.1 Å². The zero-order valence-corrected chi connectivity index (χ0v) is 12.1. The Bertz CT molecular complexity index is 473. The van der Waals surface area contributed by atoms with Gasteiger partial charge in [-0.25, -0.2) is 0 Å². The predicted octanol–water partition coefficient (Wildman–Crippen LogP) is 0.879. The summed E-state index contributed by atoms with van der Waals surface area (Å²) >= 11 is 0. The van der Waals surface area contributed by atoms with Crippen molar-refractivity contribution in [2.75, 3.05) is 6.54 Å². The van der Waals surface area contributed by atoms with Gasteiger partial charge >= 0.3 is 5.97 Å². The highest BCUT2D eigenvalue weighted by molar-refractivity contribution is 5.81. The highest BCUT2D eigenvalue weighted by Crippen LogP contribution is 2.11. The first-order chi connectivity index (χ1) is 9.90. The Morgan fingerprint density at radius 2 is 1.90 bits per heavy atom. The number of hydrogen-bond acceptors (Lipinski definition) is 4. The second kappa shape index (κ2) is 8.26. The zero-order chi connectivity index (χ0) is 15.8. The molecule has 0 saturated heterocycles. The van der Waals surface area contributed by atoms with E-state index in [1.54, 1.807) is 31.2 Å². The minimum absolute atomic E-state index is 0.171. The molecule has 0 bridgehead atoms. The molecule has 0 aliphatic carbocycles. The average Bonchev–Trinajstić information content (AvgIpc) is 2.45. The molecule has 0 radical (unpaired) electrons. The molecule has 6 nitrogen and oxygen atoms in total. The lowest BCUT2D eigenvalue weighted by molar-refractivity contribution is -0.141. The number of hydrogen-bond donors (Lipinski definition) is 4. The number of rotatable bonds is 8. The van der Waals surface area contributed by atoms with E-state index in [-0.39, 0.29) is 11.7 Å². The van der Waals surface area contributed by atoms with Gasteiger partial charge in [0, 0.05) is 6.54 Å². The number of phenolic OH excluding ortho intramolecular Hbond substituents is 1. The third-order valence-electron chi connectivity index (χ3n) is 3.26. The zero-order valence-electron chi connectivity index (χ0n) is 12.1. The maximum absolute atomic E-state index is 11.8. The Labute approximate surface area is 124 Å². The van der Waals surface area contributed by atoms with Crippen molar-refractivity contribution in [3.63, 3.8) is 0 Å². The standard InChI is InChI=1S/C15H22N2O4/c1-10(15(20)21)3-2-8-17-14(19)13(16)9-11-4-6-12(18)7-5-11/h4-7,10,13,18H,2-3,8-9,16H2,1H3,(H,17,19)(H,20,21)/t10?,13-/m1/s1. The molecule has 0 aliphatic rings. The van der Waals surface area contributed by atoms with Crippen molar-refractivity contribution in [2.24, 2.45) is 11.7 Å². The lowest BCUT2D eigenvalue weighted by Crippen LogP contribution is -2.42. The highest BCUT2D eigenvalue weighted by Gasteiger charge is 2.14. The second-order valence-corrected chi connectivity index (χ2v) is 5.15. The average molecular weight is 294 g/mol. The highest BCUT2D eigenvalue weighted by atomic mass is 16.4. The first-order valence-corrected chi connectivity index (χ1v) is 6.94. The molecule has 6 heteroatoms. The van der Waals surface area contributed by atoms with Crippen LogP contribution >= 0.6 is 0 Å². The van der Waals surface area contributed by atoms with Gasteiger partial charge in [-0.05, 0) is 37.0 Å². The normalized spacial score (nSPS) is 13.4. The number of carbonyl (C=O) groups is 2. The lowest BCUT2D eigenvalue weighted by atomic mass is 10.0. The van der Waals surface area contributed by atoms with Gasteiger partial charge in [-0.3, -0.25) is 9.59 Å². The number of nitrogens with one attached hydrogen (secondary N) is 1. The summed E-state index contributed by atoms with van der Waals surface area (Å²) in [6.07, 6.45) is 1.51. The van der Waals surface area contributed by atoms with Crippen LogP contribution in [0.15, 0.2) is 24.3 Å². The van der Waals surface area contributed by atoms with Crippen LogP contribution in [0, 0.1) is 5.92 Å². The Balaban J connectivity index is 2.28. The first kappa shape index (κ1) is 17.0. The quantitative estimate of drug-likeness (QED) is 0.532. The van der Waals surface area contributed by atoms with Crippen molar-refractivity contribution in [1.29, 1.82) is 0 Å². The molecule has 1 unspecified atom stereocenters. The van der Waals surface area contributed by atoms with Crippen LogP contribution in [0.3, 0.4) is 0 Å². The van der Waals surface area contributed by atoms with Crippen molar-refractivity contribution < 1.29 is 19.8 Å². The van der Waals surface area contributed by atoms with E-state index in [0.29, 0.717) is 25.8 Å². The van der Waals surface area contributed by atoms with Gasteiger partial charge in [0.1, 0.15) is 5.75 Å². The molecule has 0 aromatic heterocycles. The summed E-state index contributed by atoms with van der Waals surface area (Å²) in [7, 11) is 0. The number of nitrogens with two attached hydrogens (primary N) is 1. The van der Waals surface area contributed by atoms with E-state index in [9.17, 15) is 14.7 Å². The number of aromatic hydroxyl groups is 1. The maximum atomic E-state index is 11.8. The molecule has 5 N–H and O–H groups in total. The topological polar surface area (TPSA) is 113 Å². The van der Waals surface area contributed by atoms with E-state index in [1.165, 1.54) is 0 Å². The maximum Gasteiger partial charge on any atom is 0.306 e. The molecule has 116 valence electrons. The van der Waals surface area contributed by atoms with Crippen molar-refractivity contribution in [3.05, 3.63) is 29.8 Å². The Morgan fingerprint density at radius 3 is 2.48 bits per heavy atom. The summed E-state index contributed by atoms with van der Waals surface area (Å²) in [6, 6.07) is 5.88. The predicted molar refractivity (Wildman–Crippen MR) is 78.8 cm³/mol. The Kier molecular flexibility index (Phi) is 6.68. The molecule has 21 heavy (non-hydrogen) atoms. The van der Waals surface area contributed by atoms with Crippen LogP contribution < -0.4 is 11.1 Å². The minimum atomic E-state index is -0.828. The molecule has 0 saturated carbocycles. The van der Waals surface area contributed by atoms with E-state index < -0.39 is 17.9 Å². The van der Waals surface area contributed by atoms with Crippen LogP contribution in [0.5, 0.6) is 5.75 Å². The fourth-order valence-electron chi connectivity index (χ4n) is 1.85. The molecule has 0 fully saturated rings. The van der Waals surface area contributed by atoms with Crippen LogP contribution in [-0.2, 0) is 16.0 Å². The third-order valence-corrected chi connectivity index (χ3v) is 3.26. The summed E-state index contributed by atoms with van der Waals surface area (Å²) in [6.45, 7) is 2.06. The summed E-state index contributed by atoms with van der Waals surface area (Å²) in [5, 5.41) is 20.6. The van der Waals surface area contributed by atoms with Gasteiger partial charge in [0.05, 0.1) is 12.0 Å². The van der Waals surface area contributed by atoms with Crippen molar-refractivity contribution in [3.8, 4) is 5.75 Å². The van der Waals surface area contributed by atoms with Crippen LogP contribution in [0.25, 0.3) is 0 Å². The summed E-state index contributed by atoms with van der Waals surface area (Å²) in [5.41, 5.74) is 6.68. The van der Waals surface area contributed by atoms with Gasteiger partial charge in [0.2, 0.25) is 5.91 Å². The smallest absolute Gasteiger partial charge is 0.306 e. The number of benzene rings is 1. The van der Waals surface area contributed by atoms with E-state index in [2.05, 4.69) is 5.32 Å². The molecule has 0 spiro atoms. The molecule has 1 rings (SSSR count). The SMILES string of the molecule is CC(CCCNC(=O)[C@H](N)Cc1ccc(O)cc1)C(=O)O. The number of amides is 1. The van der Waals surface area contributed by atoms with Crippen molar-refractivity contribution >= 4 is 11.9 Å². The summed E-state index contributed by atoms with van der Waals surface area (Å²) in [5.74, 6) is -1.33. The van der Waals surface area contributed by atoms with Crippen LogP contribution in [-0.4, -0.2) is 34.7 Å². The number of phenols is 1. The molecule has 0 heterocycles. The molecular formula is C15H22N2O4. The van der Waals surface area contributed by atoms with Crippen molar-refractivity contribution in [1.82, 2.24) is 5.32 Å². The first-order valence-electron chi connectivity index (χ1n) is 6.94. The number of aliphatic carboxylic acids is 1. The molecule has 0 aliphatic heterocycles. The molecule has 1 aromatic carbocycles. The van der Waals surface area contributed by atoms with Gasteiger partial charge < -0.3 is 21.3 Å². The van der Waals surface area contributed by atoms with Crippen LogP contribution in [0.4, 0.5) is 0 Å². The molecular weight excluding hydrogens is 272 g/mol. The Morgan fingerprint density at radius 1 is 1.29 bits per heavy atom. The molecule has 1 amide bonds. The molecule has 1 aromatic rings. The fraction of sp³-hybridized carbons (Fsp3) is 0.467. The van der Waals surface area contributed by atoms with Crippen LogP contribution in [0.2, 0.25) is 0 Å². The van der Waals surface area contributed by atoms with Gasteiger partial charge in [-0.15, -0.1) is 0 Å². The fourth-order valence-corrected chi connectivity index (χ4v) is 1.85. The summed E-state index contributed by atoms with van der Waals surface area (Å²) in [4.78, 5) is 22.4. The van der Waals surface area contributed by atoms with E-state index >= 15 is 0 Å². The number of carboxylic acid groups (broad SMARTS) is 1. The van der Waals surface area contributed by atoms with E-state index in [4.69, 9.17) is 10.8 Å². The summed E-state index contributed by atoms with van der Waals surface area (Å²) < 4.78 is 0. The minimum Gasteiger partial charge on any atom is -0.508 e. The Hall–Kier alpha value is -2.08. The van der Waals surface area contributed by atoms with Crippen LogP contribution in [0.1, 0.15) is 25.3 Å². The number of carboxylic acids is 1. The largest absolute Gasteiger partial charge is 0.508 e. The van der Waals surface area contributed by atoms with Gasteiger partial charge in [-0.2, -0.15) is 0 Å². The second-order valence-electron chi connectivity index (χ2n) is 5.15. The lowest BCUT2D eigenvalue weighted by Gasteiger charge is -2.13. The number of carbonyl (C=O) groups excluding carboxylic acids is 1. The van der Waals surface area contributed by atoms with Gasteiger partial charge in [0.15, 0.2) is 0 Å². The van der Waals surface area contributed by atoms with E-state index in [1.807, 2.05) is 0 Å².